The van der Waals surface area contributed by atoms with Crippen molar-refractivity contribution in [1.29, 1.82) is 5.26 Å². The normalized spacial score (nSPS) is 10.0. The van der Waals surface area contributed by atoms with Crippen LogP contribution in [-0.2, 0) is 6.54 Å². The second-order valence-electron chi connectivity index (χ2n) is 4.55. The number of hydrogen-bond acceptors (Lipinski definition) is 3. The highest BCUT2D eigenvalue weighted by Gasteiger charge is 2.09. The Balaban J connectivity index is 2.26. The minimum atomic E-state index is -0.408. The lowest BCUT2D eigenvalue weighted by molar-refractivity contribution is 0.410. The molecule has 2 rings (SSSR count). The Bertz CT molecular complexity index is 710. The van der Waals surface area contributed by atoms with Crippen LogP contribution < -0.4 is 10.1 Å². The van der Waals surface area contributed by atoms with E-state index in [9.17, 15) is 4.39 Å². The van der Waals surface area contributed by atoms with Crippen molar-refractivity contribution in [2.75, 3.05) is 12.4 Å². The molecule has 5 heteroatoms. The van der Waals surface area contributed by atoms with Gasteiger partial charge in [-0.25, -0.2) is 4.39 Å². The zero-order valence-corrected chi connectivity index (χ0v) is 12.5. The van der Waals surface area contributed by atoms with Crippen LogP contribution >= 0.6 is 11.6 Å². The number of anilines is 1. The molecule has 0 aliphatic carbocycles. The number of nitriles is 1. The van der Waals surface area contributed by atoms with Gasteiger partial charge in [-0.3, -0.25) is 0 Å². The fraction of sp³-hybridized carbons (Fsp3) is 0.188. The SMILES string of the molecule is COc1ccc(Cl)cc1CNc1cc(C#N)cc(F)c1C. The van der Waals surface area contributed by atoms with Gasteiger partial charge in [0, 0.05) is 28.4 Å². The van der Waals surface area contributed by atoms with Crippen LogP contribution in [0.3, 0.4) is 0 Å². The van der Waals surface area contributed by atoms with Crippen molar-refractivity contribution >= 4 is 17.3 Å². The number of ether oxygens (including phenoxy) is 1. The zero-order chi connectivity index (χ0) is 15.4. The Kier molecular flexibility index (Phi) is 4.66. The Morgan fingerprint density at radius 3 is 2.76 bits per heavy atom. The second-order valence-corrected chi connectivity index (χ2v) is 4.99. The predicted molar refractivity (Wildman–Crippen MR) is 81.2 cm³/mol. The molecular formula is C16H14ClFN2O. The third kappa shape index (κ3) is 3.45. The quantitative estimate of drug-likeness (QED) is 0.917. The smallest absolute Gasteiger partial charge is 0.129 e. The molecule has 0 bridgehead atoms. The lowest BCUT2D eigenvalue weighted by atomic mass is 10.1. The Labute approximate surface area is 127 Å². The molecule has 0 atom stereocenters. The maximum Gasteiger partial charge on any atom is 0.129 e. The van der Waals surface area contributed by atoms with Crippen molar-refractivity contribution in [1.82, 2.24) is 0 Å². The van der Waals surface area contributed by atoms with Gasteiger partial charge in [0.15, 0.2) is 0 Å². The molecule has 3 nitrogen and oxygen atoms in total. The summed E-state index contributed by atoms with van der Waals surface area (Å²) < 4.78 is 19.0. The van der Waals surface area contributed by atoms with E-state index < -0.39 is 5.82 Å². The third-order valence-corrected chi connectivity index (χ3v) is 3.42. The predicted octanol–water partition coefficient (Wildman–Crippen LogP) is 4.28. The molecule has 0 saturated heterocycles. The van der Waals surface area contributed by atoms with Crippen LogP contribution in [0.2, 0.25) is 5.02 Å². The fourth-order valence-corrected chi connectivity index (χ4v) is 2.20. The van der Waals surface area contributed by atoms with Crippen LogP contribution in [-0.4, -0.2) is 7.11 Å². The number of halogens is 2. The van der Waals surface area contributed by atoms with Crippen LogP contribution in [0.1, 0.15) is 16.7 Å². The van der Waals surface area contributed by atoms with Gasteiger partial charge in [0.05, 0.1) is 18.7 Å². The van der Waals surface area contributed by atoms with Gasteiger partial charge in [-0.2, -0.15) is 5.26 Å². The molecule has 0 aromatic heterocycles. The van der Waals surface area contributed by atoms with Crippen molar-refractivity contribution < 1.29 is 9.13 Å². The highest BCUT2D eigenvalue weighted by atomic mass is 35.5. The van der Waals surface area contributed by atoms with Crippen molar-refractivity contribution in [3.8, 4) is 11.8 Å². The molecule has 2 aromatic carbocycles. The van der Waals surface area contributed by atoms with E-state index in [1.165, 1.54) is 6.07 Å². The number of hydrogen-bond donors (Lipinski definition) is 1. The maximum atomic E-state index is 13.7. The van der Waals surface area contributed by atoms with Gasteiger partial charge in [-0.15, -0.1) is 0 Å². The number of nitrogens with one attached hydrogen (secondary N) is 1. The molecule has 2 aromatic rings. The number of nitrogens with zero attached hydrogens (tertiary/aromatic N) is 1. The molecule has 108 valence electrons. The first-order valence-electron chi connectivity index (χ1n) is 6.31. The van der Waals surface area contributed by atoms with E-state index in [0.29, 0.717) is 28.6 Å². The number of methoxy groups -OCH3 is 1. The lowest BCUT2D eigenvalue weighted by Gasteiger charge is -2.13. The minimum absolute atomic E-state index is 0.277. The maximum absolute atomic E-state index is 13.7. The van der Waals surface area contributed by atoms with E-state index in [4.69, 9.17) is 21.6 Å². The third-order valence-electron chi connectivity index (χ3n) is 3.19. The van der Waals surface area contributed by atoms with Crippen molar-refractivity contribution in [3.63, 3.8) is 0 Å². The van der Waals surface area contributed by atoms with E-state index in [0.717, 1.165) is 5.56 Å². The van der Waals surface area contributed by atoms with Crippen LogP contribution in [0.4, 0.5) is 10.1 Å². The van der Waals surface area contributed by atoms with Gasteiger partial charge in [0.2, 0.25) is 0 Å². The monoisotopic (exact) mass is 304 g/mol. The summed E-state index contributed by atoms with van der Waals surface area (Å²) in [5.74, 6) is 0.288. The summed E-state index contributed by atoms with van der Waals surface area (Å²) in [6.45, 7) is 2.08. The highest BCUT2D eigenvalue weighted by molar-refractivity contribution is 6.30. The first-order valence-corrected chi connectivity index (χ1v) is 6.69. The van der Waals surface area contributed by atoms with Crippen LogP contribution in [0.15, 0.2) is 30.3 Å². The molecule has 0 aliphatic heterocycles. The van der Waals surface area contributed by atoms with E-state index in [2.05, 4.69) is 5.32 Å². The lowest BCUT2D eigenvalue weighted by Crippen LogP contribution is -2.04. The summed E-state index contributed by atoms with van der Waals surface area (Å²) in [5, 5.41) is 12.6. The molecule has 0 fully saturated rings. The van der Waals surface area contributed by atoms with Crippen molar-refractivity contribution in [3.05, 3.63) is 57.9 Å². The minimum Gasteiger partial charge on any atom is -0.496 e. The molecule has 0 unspecified atom stereocenters. The summed E-state index contributed by atoms with van der Waals surface area (Å²) in [6, 6.07) is 10.1. The number of rotatable bonds is 4. The van der Waals surface area contributed by atoms with Crippen LogP contribution in [0.25, 0.3) is 0 Å². The standard InChI is InChI=1S/C16H14ClFN2O/c1-10-14(18)5-11(8-19)6-15(10)20-9-12-7-13(17)3-4-16(12)21-2/h3-7,20H,9H2,1-2H3. The van der Waals surface area contributed by atoms with Gasteiger partial charge < -0.3 is 10.1 Å². The Hall–Kier alpha value is -2.25. The average molecular weight is 305 g/mol. The summed E-state index contributed by atoms with van der Waals surface area (Å²) in [6.07, 6.45) is 0. The summed E-state index contributed by atoms with van der Waals surface area (Å²) >= 11 is 5.97. The molecule has 21 heavy (non-hydrogen) atoms. The summed E-state index contributed by atoms with van der Waals surface area (Å²) in [5.41, 5.74) is 2.18. The van der Waals surface area contributed by atoms with Gasteiger partial charge in [-0.1, -0.05) is 11.6 Å². The average Bonchev–Trinajstić information content (AvgIpc) is 2.48. The van der Waals surface area contributed by atoms with Gasteiger partial charge >= 0.3 is 0 Å². The van der Waals surface area contributed by atoms with Crippen molar-refractivity contribution in [2.45, 2.75) is 13.5 Å². The Morgan fingerprint density at radius 1 is 1.33 bits per heavy atom. The fourth-order valence-electron chi connectivity index (χ4n) is 2.00. The van der Waals surface area contributed by atoms with E-state index in [-0.39, 0.29) is 5.56 Å². The number of benzene rings is 2. The molecule has 0 spiro atoms. The summed E-state index contributed by atoms with van der Waals surface area (Å²) in [4.78, 5) is 0. The first-order chi connectivity index (χ1) is 10.0. The van der Waals surface area contributed by atoms with Crippen LogP contribution in [0, 0.1) is 24.1 Å². The molecule has 0 saturated carbocycles. The van der Waals surface area contributed by atoms with Crippen molar-refractivity contribution in [2.24, 2.45) is 0 Å². The van der Waals surface area contributed by atoms with E-state index in [1.54, 1.807) is 38.3 Å². The molecule has 0 amide bonds. The molecule has 0 radical (unpaired) electrons. The van der Waals surface area contributed by atoms with Gasteiger partial charge in [-0.05, 0) is 37.3 Å². The largest absolute Gasteiger partial charge is 0.496 e. The Morgan fingerprint density at radius 2 is 2.10 bits per heavy atom. The first kappa shape index (κ1) is 15.1. The van der Waals surface area contributed by atoms with Gasteiger partial charge in [0.25, 0.3) is 0 Å². The van der Waals surface area contributed by atoms with Crippen LogP contribution in [0.5, 0.6) is 5.75 Å². The topological polar surface area (TPSA) is 45.0 Å². The highest BCUT2D eigenvalue weighted by Crippen LogP contribution is 2.25. The van der Waals surface area contributed by atoms with E-state index in [1.807, 2.05) is 6.07 Å². The molecule has 0 heterocycles. The second kappa shape index (κ2) is 6.47. The van der Waals surface area contributed by atoms with E-state index >= 15 is 0 Å². The zero-order valence-electron chi connectivity index (χ0n) is 11.7. The molecule has 0 aliphatic rings. The van der Waals surface area contributed by atoms with Gasteiger partial charge in [0.1, 0.15) is 11.6 Å². The summed E-state index contributed by atoms with van der Waals surface area (Å²) in [7, 11) is 1.58. The molecular weight excluding hydrogens is 291 g/mol. The molecule has 1 N–H and O–H groups in total.